The number of ether oxygens (including phenoxy) is 4. The molecule has 3 fully saturated rings. The van der Waals surface area contributed by atoms with Gasteiger partial charge in [-0.2, -0.15) is 0 Å². The highest BCUT2D eigenvalue weighted by Gasteiger charge is 2.78. The van der Waals surface area contributed by atoms with E-state index in [1.165, 1.54) is 13.8 Å². The minimum Gasteiger partial charge on any atom is -0.455 e. The molecule has 1 aromatic carbocycles. The molecule has 2 unspecified atom stereocenters. The molecule has 0 amide bonds. The van der Waals surface area contributed by atoms with Gasteiger partial charge in [-0.05, 0) is 30.2 Å². The van der Waals surface area contributed by atoms with Crippen molar-refractivity contribution < 1.29 is 53.8 Å². The van der Waals surface area contributed by atoms with Crippen LogP contribution in [0.4, 0.5) is 0 Å². The first-order chi connectivity index (χ1) is 19.5. The molecule has 1 saturated heterocycles. The van der Waals surface area contributed by atoms with E-state index in [9.17, 15) is 34.8 Å². The Hall–Kier alpha value is -2.83. The van der Waals surface area contributed by atoms with E-state index in [1.807, 2.05) is 0 Å². The fourth-order valence-corrected chi connectivity index (χ4v) is 8.15. The van der Waals surface area contributed by atoms with Crippen molar-refractivity contribution in [2.45, 2.75) is 102 Å². The molecule has 3 aliphatic carbocycles. The summed E-state index contributed by atoms with van der Waals surface area (Å²) in [5, 5.41) is 48.2. The standard InChI is InChI=1S/C31H40O11/c1-15-19(34)13-31(38)26(41-27(37)18-10-8-7-9-11-18)24-29(6,20(35)12-21-30(24,14-39-21)42-17(3)33)25(36)23(40-16(2)32)22(15)28(31,4)5/h7-11,19-21,23-26,34-36,38H,12-14H2,1-6H3/t19-,20-,21+,23+,24?,25-,26?,29+,30-,31+/m0/s1. The zero-order valence-corrected chi connectivity index (χ0v) is 24.7. The largest absolute Gasteiger partial charge is 0.455 e. The van der Waals surface area contributed by atoms with E-state index in [-0.39, 0.29) is 30.6 Å². The van der Waals surface area contributed by atoms with Gasteiger partial charge in [-0.1, -0.05) is 39.0 Å². The molecule has 11 nitrogen and oxygen atoms in total. The molecule has 1 heterocycles. The third kappa shape index (κ3) is 4.16. The lowest BCUT2D eigenvalue weighted by molar-refractivity contribution is -0.365. The molecule has 2 bridgehead atoms. The minimum absolute atomic E-state index is 0.0496. The van der Waals surface area contributed by atoms with Crippen molar-refractivity contribution in [3.8, 4) is 0 Å². The number of carbonyl (C=O) groups excluding carboxylic acids is 3. The van der Waals surface area contributed by atoms with E-state index in [0.717, 1.165) is 0 Å². The Morgan fingerprint density at radius 2 is 1.62 bits per heavy atom. The van der Waals surface area contributed by atoms with Crippen molar-refractivity contribution in [3.05, 3.63) is 47.0 Å². The van der Waals surface area contributed by atoms with E-state index in [2.05, 4.69) is 0 Å². The fourth-order valence-electron chi connectivity index (χ4n) is 8.15. The van der Waals surface area contributed by atoms with Crippen LogP contribution in [0.3, 0.4) is 0 Å². The number of benzene rings is 1. The second-order valence-corrected chi connectivity index (χ2v) is 13.0. The second kappa shape index (κ2) is 10.1. The van der Waals surface area contributed by atoms with Crippen LogP contribution in [0.5, 0.6) is 0 Å². The first-order valence-electron chi connectivity index (χ1n) is 14.2. The average Bonchev–Trinajstić information content (AvgIpc) is 2.90. The van der Waals surface area contributed by atoms with Gasteiger partial charge >= 0.3 is 17.9 Å². The average molecular weight is 589 g/mol. The number of rotatable bonds is 4. The summed E-state index contributed by atoms with van der Waals surface area (Å²) in [6.07, 6.45) is -8.39. The summed E-state index contributed by atoms with van der Waals surface area (Å²) < 4.78 is 23.7. The maximum Gasteiger partial charge on any atom is 0.338 e. The Bertz CT molecular complexity index is 1310. The fraction of sp³-hybridized carbons (Fsp3) is 0.645. The third-order valence-corrected chi connectivity index (χ3v) is 10.4. The molecule has 10 atom stereocenters. The minimum atomic E-state index is -2.07. The first kappa shape index (κ1) is 30.6. The smallest absolute Gasteiger partial charge is 0.338 e. The third-order valence-electron chi connectivity index (χ3n) is 10.4. The predicted octanol–water partition coefficient (Wildman–Crippen LogP) is 1.44. The van der Waals surface area contributed by atoms with Crippen LogP contribution in [0.25, 0.3) is 0 Å². The molecular formula is C31H40O11. The monoisotopic (exact) mass is 588 g/mol. The number of aliphatic hydroxyl groups excluding tert-OH is 3. The van der Waals surface area contributed by atoms with Crippen molar-refractivity contribution in [1.82, 2.24) is 0 Å². The van der Waals surface area contributed by atoms with Crippen molar-refractivity contribution in [2.75, 3.05) is 6.61 Å². The van der Waals surface area contributed by atoms with Gasteiger partial charge in [-0.25, -0.2) is 4.79 Å². The van der Waals surface area contributed by atoms with Gasteiger partial charge in [0.2, 0.25) is 0 Å². The summed E-state index contributed by atoms with van der Waals surface area (Å²) in [6.45, 7) is 8.75. The van der Waals surface area contributed by atoms with E-state index >= 15 is 0 Å². The second-order valence-electron chi connectivity index (χ2n) is 13.0. The van der Waals surface area contributed by atoms with Crippen LogP contribution >= 0.6 is 0 Å². The number of esters is 3. The number of aliphatic hydroxyl groups is 4. The van der Waals surface area contributed by atoms with Gasteiger partial charge in [0.05, 0.1) is 30.3 Å². The molecule has 5 rings (SSSR count). The van der Waals surface area contributed by atoms with Crippen LogP contribution in [0.15, 0.2) is 41.5 Å². The topological polar surface area (TPSA) is 169 Å². The Labute approximate surface area is 244 Å². The highest BCUT2D eigenvalue weighted by atomic mass is 16.6. The van der Waals surface area contributed by atoms with Crippen molar-refractivity contribution in [3.63, 3.8) is 0 Å². The lowest BCUT2D eigenvalue weighted by Gasteiger charge is -2.69. The van der Waals surface area contributed by atoms with Crippen LogP contribution in [0, 0.1) is 16.7 Å². The summed E-state index contributed by atoms with van der Waals surface area (Å²) in [5.41, 5.74) is -5.84. The maximum absolute atomic E-state index is 13.7. The van der Waals surface area contributed by atoms with E-state index < -0.39 is 82.5 Å². The molecule has 4 N–H and O–H groups in total. The van der Waals surface area contributed by atoms with Crippen LogP contribution in [-0.4, -0.2) is 92.8 Å². The number of hydrogen-bond donors (Lipinski definition) is 4. The van der Waals surface area contributed by atoms with Gasteiger partial charge in [-0.3, -0.25) is 9.59 Å². The molecule has 4 aliphatic rings. The van der Waals surface area contributed by atoms with Crippen LogP contribution in [-0.2, 0) is 28.5 Å². The van der Waals surface area contributed by atoms with Gasteiger partial charge < -0.3 is 39.4 Å². The normalized spacial score (nSPS) is 42.1. The molecular weight excluding hydrogens is 548 g/mol. The molecule has 0 spiro atoms. The Morgan fingerprint density at radius 1 is 0.976 bits per heavy atom. The molecule has 1 aromatic rings. The van der Waals surface area contributed by atoms with E-state index in [0.29, 0.717) is 5.57 Å². The number of carbonyl (C=O) groups is 3. The van der Waals surface area contributed by atoms with Crippen LogP contribution in [0.1, 0.15) is 64.7 Å². The van der Waals surface area contributed by atoms with Crippen LogP contribution < -0.4 is 0 Å². The van der Waals surface area contributed by atoms with Gasteiger partial charge in [0, 0.05) is 37.5 Å². The van der Waals surface area contributed by atoms with E-state index in [1.54, 1.807) is 58.0 Å². The van der Waals surface area contributed by atoms with Gasteiger partial charge in [0.1, 0.15) is 23.9 Å². The zero-order valence-electron chi connectivity index (χ0n) is 24.7. The van der Waals surface area contributed by atoms with Crippen LogP contribution in [0.2, 0.25) is 0 Å². The molecule has 0 aromatic heterocycles. The maximum atomic E-state index is 13.7. The Kier molecular flexibility index (Phi) is 7.38. The summed E-state index contributed by atoms with van der Waals surface area (Å²) >= 11 is 0. The van der Waals surface area contributed by atoms with Crippen molar-refractivity contribution in [2.24, 2.45) is 16.7 Å². The number of fused-ring (bicyclic) bond motifs is 5. The highest BCUT2D eigenvalue weighted by molar-refractivity contribution is 5.89. The predicted molar refractivity (Wildman–Crippen MR) is 146 cm³/mol. The molecule has 0 radical (unpaired) electrons. The summed E-state index contributed by atoms with van der Waals surface area (Å²) in [5.74, 6) is -3.46. The van der Waals surface area contributed by atoms with E-state index in [4.69, 9.17) is 18.9 Å². The van der Waals surface area contributed by atoms with Crippen molar-refractivity contribution in [1.29, 1.82) is 0 Å². The zero-order chi connectivity index (χ0) is 31.0. The highest BCUT2D eigenvalue weighted by Crippen LogP contribution is 2.65. The lowest BCUT2D eigenvalue weighted by atomic mass is 9.44. The molecule has 1 aliphatic heterocycles. The first-order valence-corrected chi connectivity index (χ1v) is 14.2. The Morgan fingerprint density at radius 3 is 2.17 bits per heavy atom. The molecule has 230 valence electrons. The summed E-state index contributed by atoms with van der Waals surface area (Å²) in [4.78, 5) is 38.7. The molecule has 11 heteroatoms. The van der Waals surface area contributed by atoms with Crippen molar-refractivity contribution >= 4 is 17.9 Å². The Balaban J connectivity index is 1.83. The summed E-state index contributed by atoms with van der Waals surface area (Å²) in [6, 6.07) is 8.12. The molecule has 42 heavy (non-hydrogen) atoms. The lowest BCUT2D eigenvalue weighted by Crippen LogP contribution is -2.82. The molecule has 2 saturated carbocycles. The SMILES string of the molecule is CC(=O)O[C@@H]1C2=C(C)[C@@H](O)C[C@@](O)(C(OC(=O)c3ccccc3)C3[C@@](C)([C@@H](O)C[C@H]4OC[C@@]34OC(C)=O)[C@H]1O)C2(C)C. The number of hydrogen-bond acceptors (Lipinski definition) is 11. The van der Waals surface area contributed by atoms with Gasteiger partial charge in [-0.15, -0.1) is 0 Å². The van der Waals surface area contributed by atoms with Gasteiger partial charge in [0.25, 0.3) is 0 Å². The van der Waals surface area contributed by atoms with Gasteiger partial charge in [0.15, 0.2) is 11.7 Å². The quantitative estimate of drug-likeness (QED) is 0.228. The summed E-state index contributed by atoms with van der Waals surface area (Å²) in [7, 11) is 0.